The van der Waals surface area contributed by atoms with Crippen LogP contribution in [0.2, 0.25) is 0 Å². The van der Waals surface area contributed by atoms with Gasteiger partial charge in [-0.05, 0) is 227 Å². The van der Waals surface area contributed by atoms with Gasteiger partial charge in [0.25, 0.3) is 0 Å². The molecule has 0 spiro atoms. The highest BCUT2D eigenvalue weighted by atomic mass is 15.2. The molecule has 0 saturated heterocycles. The standard InChI is InChI=1S/C96H66N4/c1-5-28-77(29-6-1)97(85-59-49-67-23-13-14-24-72(67)61-85)81-51-41-68(42-52-81)69-43-53-82(54-44-69)98(78-30-7-2-8-31-78)86-62-73-25-15-19-37-88(73)93(66-86)76-50-60-92-94(63-76)89-38-20-17-27-75(89)65-96(92)100(80-34-11-4-12-35-80)84-57-47-71(48-58-84)70-45-55-83(56-46-70)99(79-32-9-3-10-33-79)95-64-74-26-16-18-36-87(74)90-39-21-22-40-91(90)95/h1-66H. The summed E-state index contributed by atoms with van der Waals surface area (Å²) in [5.41, 5.74) is 20.0. The molecular weight excluding hydrogens is 1210 g/mol. The number of fused-ring (bicyclic) bond motifs is 8. The summed E-state index contributed by atoms with van der Waals surface area (Å²) in [5.74, 6) is 0. The Kier molecular flexibility index (Phi) is 15.2. The Hall–Kier alpha value is -13.3. The lowest BCUT2D eigenvalue weighted by Gasteiger charge is -2.28. The largest absolute Gasteiger partial charge is 0.310 e. The van der Waals surface area contributed by atoms with Crippen LogP contribution < -0.4 is 19.6 Å². The molecule has 0 amide bonds. The van der Waals surface area contributed by atoms with Gasteiger partial charge in [-0.2, -0.15) is 0 Å². The van der Waals surface area contributed by atoms with Crippen LogP contribution in [0.3, 0.4) is 0 Å². The van der Waals surface area contributed by atoms with Crippen LogP contribution in [0.15, 0.2) is 400 Å². The number of benzene rings is 18. The highest BCUT2D eigenvalue weighted by Gasteiger charge is 2.23. The van der Waals surface area contributed by atoms with Crippen LogP contribution in [0.4, 0.5) is 68.2 Å². The fraction of sp³-hybridized carbons (Fsp3) is 0. The Morgan fingerprint density at radius 1 is 0.130 bits per heavy atom. The van der Waals surface area contributed by atoms with Gasteiger partial charge < -0.3 is 19.6 Å². The molecule has 0 aromatic heterocycles. The second-order valence-electron chi connectivity index (χ2n) is 25.7. The average molecular weight is 1280 g/mol. The molecule has 4 nitrogen and oxygen atoms in total. The van der Waals surface area contributed by atoms with E-state index in [0.717, 1.165) is 112 Å². The maximum atomic E-state index is 2.43. The zero-order chi connectivity index (χ0) is 66.3. The summed E-state index contributed by atoms with van der Waals surface area (Å²) in [4.78, 5) is 9.55. The third-order valence-corrected chi connectivity index (χ3v) is 19.7. The minimum absolute atomic E-state index is 1.07. The smallest absolute Gasteiger partial charge is 0.0546 e. The first kappa shape index (κ1) is 59.2. The van der Waals surface area contributed by atoms with E-state index in [0.29, 0.717) is 0 Å². The van der Waals surface area contributed by atoms with Crippen molar-refractivity contribution in [3.63, 3.8) is 0 Å². The van der Waals surface area contributed by atoms with E-state index in [4.69, 9.17) is 0 Å². The van der Waals surface area contributed by atoms with Crippen molar-refractivity contribution in [2.75, 3.05) is 19.6 Å². The maximum Gasteiger partial charge on any atom is 0.0546 e. The van der Waals surface area contributed by atoms with Gasteiger partial charge in [0.1, 0.15) is 0 Å². The molecule has 0 aliphatic carbocycles. The number of hydrogen-bond acceptors (Lipinski definition) is 4. The topological polar surface area (TPSA) is 13.0 Å². The van der Waals surface area contributed by atoms with Crippen molar-refractivity contribution < 1.29 is 0 Å². The Balaban J connectivity index is 0.689. The Bertz CT molecular complexity index is 6000. The number of hydrogen-bond donors (Lipinski definition) is 0. The number of rotatable bonds is 15. The van der Waals surface area contributed by atoms with Gasteiger partial charge in [-0.15, -0.1) is 0 Å². The molecule has 18 aromatic carbocycles. The van der Waals surface area contributed by atoms with Gasteiger partial charge in [0, 0.05) is 67.6 Å². The van der Waals surface area contributed by atoms with Crippen molar-refractivity contribution in [2.24, 2.45) is 0 Å². The summed E-state index contributed by atoms with van der Waals surface area (Å²) in [6, 6.07) is 146. The molecule has 0 radical (unpaired) electrons. The predicted molar refractivity (Wildman–Crippen MR) is 427 cm³/mol. The monoisotopic (exact) mass is 1270 g/mol. The average Bonchev–Trinajstić information content (AvgIpc) is 0.749. The van der Waals surface area contributed by atoms with Gasteiger partial charge in [-0.1, -0.05) is 261 Å². The molecule has 0 N–H and O–H groups in total. The lowest BCUT2D eigenvalue weighted by atomic mass is 9.92. The normalized spacial score (nSPS) is 11.4. The third-order valence-electron chi connectivity index (χ3n) is 19.7. The summed E-state index contributed by atoms with van der Waals surface area (Å²) in [6.07, 6.45) is 0. The SMILES string of the molecule is c1ccc(N(c2ccc(-c3ccc(N(c4ccccc4)c4cc(-c5ccc6c(N(c7ccccc7)c7ccc(-c8ccc(N(c9ccccc9)c9cc%10ccccc%10c%10ccccc9%10)cc8)cc7)cc7ccccc7c6c5)c5ccccc5c4)cc3)cc2)c2ccc3ccccc3c2)cc1. The molecule has 100 heavy (non-hydrogen) atoms. The summed E-state index contributed by atoms with van der Waals surface area (Å²) in [5, 5.41) is 14.4. The van der Waals surface area contributed by atoms with Crippen LogP contribution in [0.25, 0.3) is 98.0 Å². The van der Waals surface area contributed by atoms with Gasteiger partial charge in [-0.25, -0.2) is 0 Å². The Morgan fingerprint density at radius 3 is 0.900 bits per heavy atom. The van der Waals surface area contributed by atoms with Gasteiger partial charge in [0.15, 0.2) is 0 Å². The molecule has 0 bridgehead atoms. The first-order valence-electron chi connectivity index (χ1n) is 34.3. The second-order valence-corrected chi connectivity index (χ2v) is 25.7. The van der Waals surface area contributed by atoms with Crippen molar-refractivity contribution in [1.82, 2.24) is 0 Å². The van der Waals surface area contributed by atoms with E-state index in [2.05, 4.69) is 420 Å². The van der Waals surface area contributed by atoms with E-state index in [1.807, 2.05) is 0 Å². The van der Waals surface area contributed by atoms with Crippen LogP contribution in [0.5, 0.6) is 0 Å². The van der Waals surface area contributed by atoms with Crippen molar-refractivity contribution in [3.8, 4) is 33.4 Å². The first-order valence-corrected chi connectivity index (χ1v) is 34.3. The minimum atomic E-state index is 1.07. The second kappa shape index (κ2) is 25.7. The lowest BCUT2D eigenvalue weighted by Crippen LogP contribution is -2.11. The molecule has 0 aliphatic rings. The molecule has 18 aromatic rings. The first-order chi connectivity index (χ1) is 49.6. The van der Waals surface area contributed by atoms with Crippen LogP contribution in [0.1, 0.15) is 0 Å². The summed E-state index contributed by atoms with van der Waals surface area (Å²) in [7, 11) is 0. The highest BCUT2D eigenvalue weighted by Crippen LogP contribution is 2.48. The zero-order valence-corrected chi connectivity index (χ0v) is 54.9. The predicted octanol–water partition coefficient (Wildman–Crippen LogP) is 27.5. The van der Waals surface area contributed by atoms with E-state index in [9.17, 15) is 0 Å². The van der Waals surface area contributed by atoms with E-state index in [-0.39, 0.29) is 0 Å². The van der Waals surface area contributed by atoms with Crippen molar-refractivity contribution in [2.45, 2.75) is 0 Å². The quantitative estimate of drug-likeness (QED) is 0.0949. The molecule has 0 heterocycles. The van der Waals surface area contributed by atoms with E-state index < -0.39 is 0 Å². The molecule has 18 rings (SSSR count). The van der Waals surface area contributed by atoms with Crippen LogP contribution in [-0.4, -0.2) is 0 Å². The fourth-order valence-corrected chi connectivity index (χ4v) is 14.9. The summed E-state index contributed by atoms with van der Waals surface area (Å²) >= 11 is 0. The van der Waals surface area contributed by atoms with Crippen LogP contribution in [-0.2, 0) is 0 Å². The molecule has 0 atom stereocenters. The number of para-hydroxylation sites is 4. The fourth-order valence-electron chi connectivity index (χ4n) is 14.9. The van der Waals surface area contributed by atoms with Crippen molar-refractivity contribution in [3.05, 3.63) is 400 Å². The maximum absolute atomic E-state index is 2.43. The lowest BCUT2D eigenvalue weighted by molar-refractivity contribution is 1.28. The number of anilines is 12. The van der Waals surface area contributed by atoms with Crippen LogP contribution in [0, 0.1) is 0 Å². The molecule has 4 heteroatoms. The van der Waals surface area contributed by atoms with Crippen molar-refractivity contribution >= 4 is 133 Å². The van der Waals surface area contributed by atoms with Gasteiger partial charge in [0.2, 0.25) is 0 Å². The zero-order valence-electron chi connectivity index (χ0n) is 54.9. The highest BCUT2D eigenvalue weighted by molar-refractivity contribution is 6.17. The van der Waals surface area contributed by atoms with Crippen LogP contribution >= 0.6 is 0 Å². The molecule has 0 saturated carbocycles. The van der Waals surface area contributed by atoms with Crippen molar-refractivity contribution in [1.29, 1.82) is 0 Å². The summed E-state index contributed by atoms with van der Waals surface area (Å²) < 4.78 is 0. The minimum Gasteiger partial charge on any atom is -0.310 e. The molecule has 470 valence electrons. The summed E-state index contributed by atoms with van der Waals surface area (Å²) in [6.45, 7) is 0. The molecule has 0 aliphatic heterocycles. The van der Waals surface area contributed by atoms with E-state index in [1.165, 1.54) is 53.9 Å². The van der Waals surface area contributed by atoms with Gasteiger partial charge in [-0.3, -0.25) is 0 Å². The Labute approximate surface area is 582 Å². The van der Waals surface area contributed by atoms with E-state index >= 15 is 0 Å². The molecule has 0 fully saturated rings. The molecule has 0 unspecified atom stereocenters. The molecular formula is C96H66N4. The van der Waals surface area contributed by atoms with E-state index in [1.54, 1.807) is 0 Å². The third kappa shape index (κ3) is 11.1. The van der Waals surface area contributed by atoms with Gasteiger partial charge in [0.05, 0.1) is 11.4 Å². The number of nitrogens with zero attached hydrogens (tertiary/aromatic N) is 4. The van der Waals surface area contributed by atoms with Gasteiger partial charge >= 0.3 is 0 Å². The Morgan fingerprint density at radius 2 is 0.430 bits per heavy atom.